The highest BCUT2D eigenvalue weighted by Gasteiger charge is 2.37. The number of fused-ring (bicyclic) bond motifs is 1. The number of aliphatic imine (C=N–C) groups is 2. The number of carboxylic acid groups (broad SMARTS) is 1. The van der Waals surface area contributed by atoms with Crippen LogP contribution in [-0.4, -0.2) is 58.8 Å². The van der Waals surface area contributed by atoms with Gasteiger partial charge in [-0.25, -0.2) is 4.98 Å². The Kier molecular flexibility index (Phi) is 3.85. The van der Waals surface area contributed by atoms with Crippen molar-refractivity contribution in [1.82, 2.24) is 15.2 Å². The molecule has 7 nitrogen and oxygen atoms in total. The van der Waals surface area contributed by atoms with E-state index in [2.05, 4.69) is 20.3 Å². The number of carboxylic acids is 1. The van der Waals surface area contributed by atoms with Gasteiger partial charge in [0.05, 0.1) is 19.3 Å². The number of rotatable bonds is 4. The Morgan fingerprint density at radius 2 is 2.38 bits per heavy atom. The average molecular weight is 308 g/mol. The van der Waals surface area contributed by atoms with Gasteiger partial charge in [-0.05, 0) is 11.6 Å². The Bertz CT molecular complexity index is 601. The van der Waals surface area contributed by atoms with Crippen molar-refractivity contribution in [3.8, 4) is 0 Å². The molecular weight excluding hydrogens is 294 g/mol. The number of nitrogens with zero attached hydrogens (tertiary/aromatic N) is 4. The van der Waals surface area contributed by atoms with E-state index in [-0.39, 0.29) is 18.8 Å². The van der Waals surface area contributed by atoms with E-state index in [0.717, 1.165) is 11.4 Å². The van der Waals surface area contributed by atoms with Gasteiger partial charge in [0.1, 0.15) is 23.2 Å². The zero-order valence-corrected chi connectivity index (χ0v) is 11.9. The molecule has 2 atom stereocenters. The van der Waals surface area contributed by atoms with E-state index in [1.54, 1.807) is 18.5 Å². The molecule has 1 aromatic rings. The maximum Gasteiger partial charge on any atom is 0.317 e. The summed E-state index contributed by atoms with van der Waals surface area (Å²) >= 11 is 5.81. The number of hydrogen-bond donors (Lipinski definition) is 2. The Morgan fingerprint density at radius 1 is 1.52 bits per heavy atom. The van der Waals surface area contributed by atoms with Crippen molar-refractivity contribution in [3.63, 3.8) is 0 Å². The van der Waals surface area contributed by atoms with Crippen LogP contribution in [0.3, 0.4) is 0 Å². The summed E-state index contributed by atoms with van der Waals surface area (Å²) in [6.07, 6.45) is 3.18. The van der Waals surface area contributed by atoms with Gasteiger partial charge in [-0.15, -0.1) is 0 Å². The lowest BCUT2D eigenvalue weighted by Crippen LogP contribution is -2.51. The highest BCUT2D eigenvalue weighted by molar-refractivity contribution is 6.30. The van der Waals surface area contributed by atoms with E-state index >= 15 is 0 Å². The predicted octanol–water partition coefficient (Wildman–Crippen LogP) is 0.575. The summed E-state index contributed by atoms with van der Waals surface area (Å²) in [6.45, 7) is 1.26. The van der Waals surface area contributed by atoms with Crippen molar-refractivity contribution in [2.45, 2.75) is 12.2 Å². The van der Waals surface area contributed by atoms with Crippen molar-refractivity contribution in [2.75, 3.05) is 19.6 Å². The number of aliphatic carboxylic acids is 1. The molecule has 0 aromatic carbocycles. The molecule has 0 aliphatic carbocycles. The summed E-state index contributed by atoms with van der Waals surface area (Å²) in [5, 5.41) is 12.3. The third-order valence-corrected chi connectivity index (χ3v) is 3.66. The van der Waals surface area contributed by atoms with Crippen LogP contribution in [0, 0.1) is 0 Å². The van der Waals surface area contributed by atoms with Gasteiger partial charge < -0.3 is 10.0 Å². The first-order valence-electron chi connectivity index (χ1n) is 6.56. The number of pyridine rings is 1. The average Bonchev–Trinajstić information content (AvgIpc) is 2.84. The number of halogens is 1. The minimum atomic E-state index is -0.901. The second-order valence-corrected chi connectivity index (χ2v) is 5.18. The zero-order valence-electron chi connectivity index (χ0n) is 11.1. The van der Waals surface area contributed by atoms with E-state index in [1.807, 2.05) is 11.0 Å². The second-order valence-electron chi connectivity index (χ2n) is 4.79. The van der Waals surface area contributed by atoms with Crippen LogP contribution in [0.2, 0.25) is 5.15 Å². The largest absolute Gasteiger partial charge is 0.480 e. The normalized spacial score (nSPS) is 23.9. The van der Waals surface area contributed by atoms with Crippen molar-refractivity contribution < 1.29 is 9.90 Å². The quantitative estimate of drug-likeness (QED) is 0.794. The molecule has 110 valence electrons. The summed E-state index contributed by atoms with van der Waals surface area (Å²) in [4.78, 5) is 25.8. The van der Waals surface area contributed by atoms with Crippen LogP contribution in [0.15, 0.2) is 28.3 Å². The third-order valence-electron chi connectivity index (χ3n) is 3.43. The highest BCUT2D eigenvalue weighted by Crippen LogP contribution is 2.30. The van der Waals surface area contributed by atoms with Gasteiger partial charge in [0, 0.05) is 12.7 Å². The van der Waals surface area contributed by atoms with E-state index in [1.165, 1.54) is 0 Å². The lowest BCUT2D eigenvalue weighted by molar-refractivity contribution is -0.136. The summed E-state index contributed by atoms with van der Waals surface area (Å²) in [5.41, 5.74) is 0.887. The van der Waals surface area contributed by atoms with E-state index < -0.39 is 5.97 Å². The molecule has 0 bridgehead atoms. The van der Waals surface area contributed by atoms with Crippen LogP contribution >= 0.6 is 11.6 Å². The molecule has 2 unspecified atom stereocenters. The molecular formula is C13H14ClN5O2. The fourth-order valence-corrected chi connectivity index (χ4v) is 2.62. The molecule has 0 radical (unpaired) electrons. The summed E-state index contributed by atoms with van der Waals surface area (Å²) in [7, 11) is 0. The van der Waals surface area contributed by atoms with Gasteiger partial charge in [-0.3, -0.25) is 20.1 Å². The number of aromatic nitrogens is 1. The lowest BCUT2D eigenvalue weighted by Gasteiger charge is -2.31. The lowest BCUT2D eigenvalue weighted by atomic mass is 10.1. The Balaban J connectivity index is 1.88. The standard InChI is InChI=1S/C13H14ClN5O2/c14-9-2-1-8(5-16-9)12-13(17-7-11(20)21)19-4-3-15-6-10(19)18-12/h1-2,5-6,12-13,17H,3-4,7H2,(H,20,21). The number of hydrogen-bond acceptors (Lipinski definition) is 6. The van der Waals surface area contributed by atoms with Crippen LogP contribution in [0.5, 0.6) is 0 Å². The minimum absolute atomic E-state index is 0.126. The number of nitrogens with one attached hydrogen (secondary N) is 1. The molecule has 0 spiro atoms. The van der Waals surface area contributed by atoms with Crippen molar-refractivity contribution in [3.05, 3.63) is 29.0 Å². The van der Waals surface area contributed by atoms with Gasteiger partial charge in [0.25, 0.3) is 0 Å². The second kappa shape index (κ2) is 5.79. The monoisotopic (exact) mass is 307 g/mol. The Morgan fingerprint density at radius 3 is 3.10 bits per heavy atom. The molecule has 3 rings (SSSR count). The molecule has 1 aromatic heterocycles. The molecule has 2 aliphatic heterocycles. The molecule has 2 N–H and O–H groups in total. The van der Waals surface area contributed by atoms with Crippen LogP contribution in [-0.2, 0) is 4.79 Å². The van der Waals surface area contributed by atoms with Gasteiger partial charge in [0.2, 0.25) is 0 Å². The first kappa shape index (κ1) is 14.0. The van der Waals surface area contributed by atoms with E-state index in [9.17, 15) is 4.79 Å². The molecule has 0 saturated carbocycles. The first-order valence-corrected chi connectivity index (χ1v) is 6.94. The van der Waals surface area contributed by atoms with Gasteiger partial charge in [-0.1, -0.05) is 17.7 Å². The molecule has 0 amide bonds. The predicted molar refractivity (Wildman–Crippen MR) is 78.9 cm³/mol. The number of amidine groups is 1. The maximum atomic E-state index is 10.8. The van der Waals surface area contributed by atoms with Crippen LogP contribution < -0.4 is 5.32 Å². The maximum absolute atomic E-state index is 10.8. The first-order chi connectivity index (χ1) is 10.1. The summed E-state index contributed by atoms with van der Waals surface area (Å²) in [5.74, 6) is -0.133. The molecule has 8 heteroatoms. The Hall–Kier alpha value is -1.99. The van der Waals surface area contributed by atoms with Crippen LogP contribution in [0.4, 0.5) is 0 Å². The number of carbonyl (C=O) groups is 1. The zero-order chi connectivity index (χ0) is 14.8. The van der Waals surface area contributed by atoms with E-state index in [0.29, 0.717) is 18.2 Å². The third kappa shape index (κ3) is 2.88. The topological polar surface area (TPSA) is 90.2 Å². The van der Waals surface area contributed by atoms with Gasteiger partial charge >= 0.3 is 5.97 Å². The molecule has 2 aliphatic rings. The van der Waals surface area contributed by atoms with E-state index in [4.69, 9.17) is 16.7 Å². The fourth-order valence-electron chi connectivity index (χ4n) is 2.51. The molecule has 0 fully saturated rings. The molecule has 0 saturated heterocycles. The van der Waals surface area contributed by atoms with Crippen molar-refractivity contribution >= 4 is 29.6 Å². The summed E-state index contributed by atoms with van der Waals surface area (Å²) < 4.78 is 0. The molecule has 3 heterocycles. The van der Waals surface area contributed by atoms with Crippen molar-refractivity contribution in [2.24, 2.45) is 9.98 Å². The van der Waals surface area contributed by atoms with Crippen molar-refractivity contribution in [1.29, 1.82) is 0 Å². The fraction of sp³-hybridized carbons (Fsp3) is 0.385. The van der Waals surface area contributed by atoms with Crippen LogP contribution in [0.25, 0.3) is 0 Å². The van der Waals surface area contributed by atoms with Gasteiger partial charge in [0.15, 0.2) is 0 Å². The van der Waals surface area contributed by atoms with Crippen LogP contribution in [0.1, 0.15) is 11.6 Å². The Labute approximate surface area is 126 Å². The highest BCUT2D eigenvalue weighted by atomic mass is 35.5. The summed E-state index contributed by atoms with van der Waals surface area (Å²) in [6, 6.07) is 3.33. The minimum Gasteiger partial charge on any atom is -0.480 e. The SMILES string of the molecule is O=C(O)CNC1C(c2ccc(Cl)nc2)N=C2C=NCCN21. The smallest absolute Gasteiger partial charge is 0.317 e. The molecule has 21 heavy (non-hydrogen) atoms. The van der Waals surface area contributed by atoms with Gasteiger partial charge in [-0.2, -0.15) is 0 Å².